The molecule has 2 aliphatic heterocycles. The van der Waals surface area contributed by atoms with Crippen molar-refractivity contribution in [2.75, 3.05) is 10.6 Å². The lowest BCUT2D eigenvalue weighted by atomic mass is 9.81. The number of carbonyl (C=O) groups is 1. The van der Waals surface area contributed by atoms with Gasteiger partial charge in [0.25, 0.3) is 5.91 Å². The first-order valence-electron chi connectivity index (χ1n) is 11.7. The van der Waals surface area contributed by atoms with Crippen molar-refractivity contribution in [1.29, 1.82) is 0 Å². The normalized spacial score (nSPS) is 22.0. The summed E-state index contributed by atoms with van der Waals surface area (Å²) in [5, 5.41) is 16.2. The lowest BCUT2D eigenvalue weighted by Crippen LogP contribution is -2.57. The molecule has 3 atom stereocenters. The fourth-order valence-electron chi connectivity index (χ4n) is 5.25. The Hall–Kier alpha value is -3.53. The van der Waals surface area contributed by atoms with Gasteiger partial charge in [-0.3, -0.25) is 14.9 Å². The van der Waals surface area contributed by atoms with Gasteiger partial charge in [-0.1, -0.05) is 6.07 Å². The number of piperidine rings is 2. The van der Waals surface area contributed by atoms with E-state index < -0.39 is 0 Å². The van der Waals surface area contributed by atoms with Crippen LogP contribution in [0.1, 0.15) is 48.3 Å². The summed E-state index contributed by atoms with van der Waals surface area (Å²) in [7, 11) is 0. The van der Waals surface area contributed by atoms with E-state index in [1.165, 1.54) is 0 Å². The highest BCUT2D eigenvalue weighted by Crippen LogP contribution is 2.36. The van der Waals surface area contributed by atoms with Crippen molar-refractivity contribution >= 4 is 45.0 Å². The lowest BCUT2D eigenvalue weighted by molar-refractivity contribution is 0.0253. The molecule has 1 amide bonds. The van der Waals surface area contributed by atoms with Crippen LogP contribution in [0.5, 0.6) is 0 Å². The van der Waals surface area contributed by atoms with Crippen LogP contribution in [0.2, 0.25) is 0 Å². The second kappa shape index (κ2) is 8.68. The van der Waals surface area contributed by atoms with Gasteiger partial charge < -0.3 is 15.5 Å². The third-order valence-electron chi connectivity index (χ3n) is 6.68. The van der Waals surface area contributed by atoms with E-state index in [2.05, 4.69) is 30.7 Å². The van der Waals surface area contributed by atoms with Crippen molar-refractivity contribution in [1.82, 2.24) is 30.0 Å². The maximum absolute atomic E-state index is 13.2. The largest absolute Gasteiger partial charge is 0.351 e. The second-order valence-corrected chi connectivity index (χ2v) is 9.99. The van der Waals surface area contributed by atoms with Crippen molar-refractivity contribution < 1.29 is 4.79 Å². The van der Waals surface area contributed by atoms with Crippen LogP contribution < -0.4 is 10.6 Å². The summed E-state index contributed by atoms with van der Waals surface area (Å²) in [6, 6.07) is 10.1. The summed E-state index contributed by atoms with van der Waals surface area (Å²) in [6.07, 6.45) is 6.63. The molecule has 3 N–H and O–H groups in total. The topological polar surface area (TPSA) is 112 Å². The zero-order valence-electron chi connectivity index (χ0n) is 18.9. The quantitative estimate of drug-likeness (QED) is 0.390. The molecular weight excluding hydrogens is 448 g/mol. The van der Waals surface area contributed by atoms with Crippen LogP contribution in [-0.4, -0.2) is 54.1 Å². The number of hydrogen-bond donors (Lipinski definition) is 3. The van der Waals surface area contributed by atoms with Gasteiger partial charge in [0.2, 0.25) is 5.95 Å². The first-order valence-corrected chi connectivity index (χ1v) is 12.6. The van der Waals surface area contributed by atoms with E-state index in [1.807, 2.05) is 42.6 Å². The van der Waals surface area contributed by atoms with Gasteiger partial charge in [0.15, 0.2) is 11.6 Å². The van der Waals surface area contributed by atoms with Gasteiger partial charge in [-0.05, 0) is 62.6 Å². The van der Waals surface area contributed by atoms with Gasteiger partial charge in [0.1, 0.15) is 5.69 Å². The molecule has 9 nitrogen and oxygen atoms in total. The van der Waals surface area contributed by atoms with E-state index in [9.17, 15) is 4.79 Å². The number of aromatic amines is 1. The average molecular weight is 475 g/mol. The zero-order valence-corrected chi connectivity index (χ0v) is 19.7. The Balaban J connectivity index is 1.22. The van der Waals surface area contributed by atoms with Gasteiger partial charge in [-0.25, -0.2) is 4.98 Å². The molecule has 4 aromatic rings. The SMILES string of the molecule is Cc1cc(Nc2nc(N[C@@H]3C[C@H]4CCC[C@@H](C3)N4C(=O)c3ccccn3)nc3ccsc23)n[nH]1. The predicted molar refractivity (Wildman–Crippen MR) is 133 cm³/mol. The molecule has 0 aliphatic carbocycles. The number of anilines is 3. The fraction of sp³-hybridized carbons (Fsp3) is 0.375. The number of nitrogens with one attached hydrogen (secondary N) is 3. The first kappa shape index (κ1) is 21.0. The van der Waals surface area contributed by atoms with Crippen LogP contribution in [0.25, 0.3) is 10.2 Å². The lowest BCUT2D eigenvalue weighted by Gasteiger charge is -2.48. The summed E-state index contributed by atoms with van der Waals surface area (Å²) in [4.78, 5) is 29.2. The molecule has 34 heavy (non-hydrogen) atoms. The summed E-state index contributed by atoms with van der Waals surface area (Å²) in [6.45, 7) is 1.97. The molecule has 4 aromatic heterocycles. The highest BCUT2D eigenvalue weighted by atomic mass is 32.1. The van der Waals surface area contributed by atoms with E-state index in [1.54, 1.807) is 17.5 Å². The van der Waals surface area contributed by atoms with Crippen LogP contribution in [0.15, 0.2) is 41.9 Å². The van der Waals surface area contributed by atoms with Gasteiger partial charge in [0, 0.05) is 36.1 Å². The molecule has 10 heteroatoms. The molecule has 2 fully saturated rings. The first-order chi connectivity index (χ1) is 16.6. The number of rotatable bonds is 5. The molecular formula is C24H26N8OS. The van der Waals surface area contributed by atoms with Crippen molar-refractivity contribution in [3.05, 3.63) is 53.3 Å². The molecule has 0 radical (unpaired) electrons. The molecule has 0 unspecified atom stereocenters. The maximum Gasteiger partial charge on any atom is 0.272 e. The van der Waals surface area contributed by atoms with Gasteiger partial charge in [-0.15, -0.1) is 11.3 Å². The Bertz CT molecular complexity index is 1310. The van der Waals surface area contributed by atoms with Gasteiger partial charge in [-0.2, -0.15) is 10.1 Å². The molecule has 0 aromatic carbocycles. The highest BCUT2D eigenvalue weighted by Gasteiger charge is 2.41. The number of nitrogens with zero attached hydrogens (tertiary/aromatic N) is 5. The molecule has 6 rings (SSSR count). The van der Waals surface area contributed by atoms with Crippen molar-refractivity contribution in [2.24, 2.45) is 0 Å². The number of H-pyrrole nitrogens is 1. The fourth-order valence-corrected chi connectivity index (χ4v) is 6.03. The Morgan fingerprint density at radius 3 is 2.76 bits per heavy atom. The zero-order chi connectivity index (χ0) is 23.1. The number of aryl methyl sites for hydroxylation is 1. The van der Waals surface area contributed by atoms with Crippen molar-refractivity contribution in [3.8, 4) is 0 Å². The van der Waals surface area contributed by atoms with E-state index in [0.717, 1.165) is 59.7 Å². The number of carbonyl (C=O) groups excluding carboxylic acids is 1. The van der Waals surface area contributed by atoms with E-state index in [0.29, 0.717) is 11.6 Å². The van der Waals surface area contributed by atoms with Crippen molar-refractivity contribution in [3.63, 3.8) is 0 Å². The molecule has 6 heterocycles. The third-order valence-corrected chi connectivity index (χ3v) is 7.59. The van der Waals surface area contributed by atoms with Crippen LogP contribution >= 0.6 is 11.3 Å². The third kappa shape index (κ3) is 3.98. The Morgan fingerprint density at radius 1 is 1.18 bits per heavy atom. The second-order valence-electron chi connectivity index (χ2n) is 9.07. The number of aromatic nitrogens is 5. The number of thiophene rings is 1. The molecule has 2 bridgehead atoms. The standard InChI is InChI=1S/C24H26N8OS/c1-14-11-20(31-30-14)28-22-21-18(8-10-34-21)27-24(29-22)26-15-12-16-5-4-6-17(13-15)32(16)23(33)19-7-2-3-9-25-19/h2-3,7-11,15-17H,4-6,12-13H2,1H3,(H3,26,27,28,29,30,31)/t15-,16-,17+. The minimum Gasteiger partial charge on any atom is -0.351 e. The van der Waals surface area contributed by atoms with Gasteiger partial charge in [0.05, 0.1) is 10.2 Å². The van der Waals surface area contributed by atoms with E-state index >= 15 is 0 Å². The summed E-state index contributed by atoms with van der Waals surface area (Å²) >= 11 is 1.61. The van der Waals surface area contributed by atoms with Crippen molar-refractivity contribution in [2.45, 2.75) is 57.2 Å². The number of amides is 1. The minimum atomic E-state index is 0.0467. The Kier molecular flexibility index (Phi) is 5.37. The maximum atomic E-state index is 13.2. The van der Waals surface area contributed by atoms with Gasteiger partial charge >= 0.3 is 0 Å². The smallest absolute Gasteiger partial charge is 0.272 e. The van der Waals surface area contributed by atoms with Crippen LogP contribution in [0.3, 0.4) is 0 Å². The molecule has 0 saturated carbocycles. The summed E-state index contributed by atoms with van der Waals surface area (Å²) in [5.41, 5.74) is 2.41. The minimum absolute atomic E-state index is 0.0467. The monoisotopic (exact) mass is 474 g/mol. The molecule has 0 spiro atoms. The molecule has 2 saturated heterocycles. The number of hydrogen-bond acceptors (Lipinski definition) is 8. The Labute approximate surface area is 201 Å². The number of pyridine rings is 1. The number of fused-ring (bicyclic) bond motifs is 3. The van der Waals surface area contributed by atoms with Crippen LogP contribution in [0, 0.1) is 6.92 Å². The van der Waals surface area contributed by atoms with E-state index in [4.69, 9.17) is 9.97 Å². The van der Waals surface area contributed by atoms with E-state index in [-0.39, 0.29) is 24.0 Å². The Morgan fingerprint density at radius 2 is 2.03 bits per heavy atom. The summed E-state index contributed by atoms with van der Waals surface area (Å²) < 4.78 is 0.999. The molecule has 174 valence electrons. The van der Waals surface area contributed by atoms with Crippen LogP contribution in [0.4, 0.5) is 17.6 Å². The predicted octanol–water partition coefficient (Wildman–Crippen LogP) is 4.50. The highest BCUT2D eigenvalue weighted by molar-refractivity contribution is 7.17. The summed E-state index contributed by atoms with van der Waals surface area (Å²) in [5.74, 6) is 2.13. The molecule has 2 aliphatic rings. The van der Waals surface area contributed by atoms with Crippen LogP contribution in [-0.2, 0) is 0 Å². The average Bonchev–Trinajstić information content (AvgIpc) is 3.47.